The minimum Gasteiger partial charge on any atom is -0.369 e. The van der Waals surface area contributed by atoms with E-state index in [0.717, 1.165) is 35.2 Å². The summed E-state index contributed by atoms with van der Waals surface area (Å²) in [5.74, 6) is 1.07. The van der Waals surface area contributed by atoms with Crippen molar-refractivity contribution in [2.75, 3.05) is 17.6 Å². The molecule has 2 heterocycles. The van der Waals surface area contributed by atoms with E-state index in [-0.39, 0.29) is 0 Å². The summed E-state index contributed by atoms with van der Waals surface area (Å²) in [7, 11) is 0. The predicted octanol–water partition coefficient (Wildman–Crippen LogP) is 1.79. The number of anilines is 2. The number of nitrogens with one attached hydrogen (secondary N) is 1. The normalized spacial score (nSPS) is 10.5. The molecular formula is C11H15N5S. The molecule has 0 fully saturated rings. The van der Waals surface area contributed by atoms with Gasteiger partial charge in [-0.15, -0.1) is 11.3 Å². The molecule has 0 saturated carbocycles. The average molecular weight is 249 g/mol. The third-order valence-corrected chi connectivity index (χ3v) is 3.21. The van der Waals surface area contributed by atoms with Crippen molar-refractivity contribution >= 4 is 23.1 Å². The van der Waals surface area contributed by atoms with E-state index in [1.54, 1.807) is 11.3 Å². The molecule has 6 heteroatoms. The minimum atomic E-state index is 0.303. The highest BCUT2D eigenvalue weighted by molar-refractivity contribution is 7.09. The molecule has 3 N–H and O–H groups in total. The summed E-state index contributed by atoms with van der Waals surface area (Å²) >= 11 is 1.68. The molecule has 0 spiro atoms. The van der Waals surface area contributed by atoms with E-state index in [2.05, 4.69) is 25.6 Å². The first-order valence-electron chi connectivity index (χ1n) is 5.39. The zero-order valence-corrected chi connectivity index (χ0v) is 10.7. The van der Waals surface area contributed by atoms with Gasteiger partial charge in [-0.2, -0.15) is 4.98 Å². The van der Waals surface area contributed by atoms with Crippen molar-refractivity contribution in [2.45, 2.75) is 20.3 Å². The van der Waals surface area contributed by atoms with E-state index in [0.29, 0.717) is 5.95 Å². The topological polar surface area (TPSA) is 76.7 Å². The molecule has 2 aromatic rings. The molecule has 0 radical (unpaired) electrons. The van der Waals surface area contributed by atoms with Crippen LogP contribution < -0.4 is 11.1 Å². The van der Waals surface area contributed by atoms with Crippen LogP contribution in [0.15, 0.2) is 11.4 Å². The Labute approximate surface area is 104 Å². The van der Waals surface area contributed by atoms with Crippen molar-refractivity contribution in [3.8, 4) is 0 Å². The van der Waals surface area contributed by atoms with Gasteiger partial charge in [-0.3, -0.25) is 0 Å². The van der Waals surface area contributed by atoms with Gasteiger partial charge in [-0.1, -0.05) is 0 Å². The molecule has 0 aromatic carbocycles. The highest BCUT2D eigenvalue weighted by atomic mass is 32.1. The molecule has 0 amide bonds. The standard InChI is InChI=1S/C11H15N5S/c1-7-5-9(16-11(12)15-7)13-4-3-10-14-8(2)6-17-10/h5-6H,3-4H2,1-2H3,(H3,12,13,15,16). The van der Waals surface area contributed by atoms with E-state index < -0.39 is 0 Å². The van der Waals surface area contributed by atoms with Crippen LogP contribution in [0.1, 0.15) is 16.4 Å². The second-order valence-electron chi connectivity index (χ2n) is 3.81. The number of nitrogens with two attached hydrogens (primary N) is 1. The van der Waals surface area contributed by atoms with E-state index in [1.165, 1.54) is 0 Å². The number of thiazole rings is 1. The van der Waals surface area contributed by atoms with Crippen LogP contribution in [0.5, 0.6) is 0 Å². The third-order valence-electron chi connectivity index (χ3n) is 2.18. The van der Waals surface area contributed by atoms with E-state index in [4.69, 9.17) is 5.73 Å². The number of nitrogen functional groups attached to an aromatic ring is 1. The Balaban J connectivity index is 1.89. The molecule has 0 atom stereocenters. The fraction of sp³-hybridized carbons (Fsp3) is 0.364. The van der Waals surface area contributed by atoms with Gasteiger partial charge >= 0.3 is 0 Å². The molecule has 0 saturated heterocycles. The lowest BCUT2D eigenvalue weighted by Crippen LogP contribution is -2.08. The van der Waals surface area contributed by atoms with Crippen LogP contribution in [0.2, 0.25) is 0 Å². The molecule has 0 bridgehead atoms. The molecule has 2 aromatic heterocycles. The Morgan fingerprint density at radius 1 is 1.24 bits per heavy atom. The van der Waals surface area contributed by atoms with Gasteiger partial charge in [0.25, 0.3) is 0 Å². The maximum Gasteiger partial charge on any atom is 0.222 e. The van der Waals surface area contributed by atoms with Crippen LogP contribution in [0.4, 0.5) is 11.8 Å². The van der Waals surface area contributed by atoms with Crippen LogP contribution in [-0.4, -0.2) is 21.5 Å². The molecule has 5 nitrogen and oxygen atoms in total. The summed E-state index contributed by atoms with van der Waals surface area (Å²) in [6.07, 6.45) is 0.890. The lowest BCUT2D eigenvalue weighted by molar-refractivity contribution is 0.972. The minimum absolute atomic E-state index is 0.303. The van der Waals surface area contributed by atoms with Crippen molar-refractivity contribution in [1.29, 1.82) is 0 Å². The second-order valence-corrected chi connectivity index (χ2v) is 4.75. The predicted molar refractivity (Wildman–Crippen MR) is 70.2 cm³/mol. The van der Waals surface area contributed by atoms with Gasteiger partial charge < -0.3 is 11.1 Å². The Morgan fingerprint density at radius 2 is 2.06 bits per heavy atom. The molecule has 90 valence electrons. The van der Waals surface area contributed by atoms with Crippen LogP contribution in [0.3, 0.4) is 0 Å². The molecule has 0 aliphatic heterocycles. The first kappa shape index (κ1) is 11.8. The lowest BCUT2D eigenvalue weighted by atomic mass is 10.4. The quantitative estimate of drug-likeness (QED) is 0.863. The number of aromatic nitrogens is 3. The summed E-state index contributed by atoms with van der Waals surface area (Å²) < 4.78 is 0. The van der Waals surface area contributed by atoms with Gasteiger partial charge in [0.2, 0.25) is 5.95 Å². The van der Waals surface area contributed by atoms with Crippen molar-refractivity contribution in [3.63, 3.8) is 0 Å². The second kappa shape index (κ2) is 5.09. The fourth-order valence-electron chi connectivity index (χ4n) is 1.50. The Bertz CT molecular complexity index is 488. The molecule has 0 unspecified atom stereocenters. The Hall–Kier alpha value is -1.69. The van der Waals surface area contributed by atoms with Gasteiger partial charge in [-0.05, 0) is 13.8 Å². The first-order valence-corrected chi connectivity index (χ1v) is 6.27. The first-order chi connectivity index (χ1) is 8.13. The monoisotopic (exact) mass is 249 g/mol. The number of nitrogens with zero attached hydrogens (tertiary/aromatic N) is 3. The van der Waals surface area contributed by atoms with Gasteiger partial charge in [0.15, 0.2) is 0 Å². The van der Waals surface area contributed by atoms with Crippen molar-refractivity contribution in [3.05, 3.63) is 27.8 Å². The maximum absolute atomic E-state index is 5.57. The summed E-state index contributed by atoms with van der Waals surface area (Å²) in [6.45, 7) is 4.69. The van der Waals surface area contributed by atoms with Crippen molar-refractivity contribution in [2.24, 2.45) is 0 Å². The lowest BCUT2D eigenvalue weighted by Gasteiger charge is -2.05. The van der Waals surface area contributed by atoms with Crippen LogP contribution in [-0.2, 0) is 6.42 Å². The number of aryl methyl sites for hydroxylation is 2. The van der Waals surface area contributed by atoms with Gasteiger partial charge in [-0.25, -0.2) is 9.97 Å². The highest BCUT2D eigenvalue weighted by Crippen LogP contribution is 2.10. The Morgan fingerprint density at radius 3 is 2.71 bits per heavy atom. The molecular weight excluding hydrogens is 234 g/mol. The zero-order valence-electron chi connectivity index (χ0n) is 9.90. The maximum atomic E-state index is 5.57. The number of hydrogen-bond donors (Lipinski definition) is 2. The largest absolute Gasteiger partial charge is 0.369 e. The van der Waals surface area contributed by atoms with Crippen LogP contribution in [0.25, 0.3) is 0 Å². The number of rotatable bonds is 4. The third kappa shape index (κ3) is 3.39. The smallest absolute Gasteiger partial charge is 0.222 e. The highest BCUT2D eigenvalue weighted by Gasteiger charge is 2.01. The van der Waals surface area contributed by atoms with Crippen LogP contribution in [0, 0.1) is 13.8 Å². The van der Waals surface area contributed by atoms with Crippen molar-refractivity contribution in [1.82, 2.24) is 15.0 Å². The van der Waals surface area contributed by atoms with E-state index in [1.807, 2.05) is 19.9 Å². The summed E-state index contributed by atoms with van der Waals surface area (Å²) in [5.41, 5.74) is 7.51. The van der Waals surface area contributed by atoms with Crippen molar-refractivity contribution < 1.29 is 0 Å². The molecule has 17 heavy (non-hydrogen) atoms. The molecule has 2 rings (SSSR count). The number of hydrogen-bond acceptors (Lipinski definition) is 6. The molecule has 0 aliphatic rings. The van der Waals surface area contributed by atoms with Gasteiger partial charge in [0.05, 0.1) is 5.01 Å². The fourth-order valence-corrected chi connectivity index (χ4v) is 2.27. The SMILES string of the molecule is Cc1cc(NCCc2nc(C)cs2)nc(N)n1. The van der Waals surface area contributed by atoms with E-state index >= 15 is 0 Å². The molecule has 0 aliphatic carbocycles. The summed E-state index contributed by atoms with van der Waals surface area (Å²) in [6, 6.07) is 1.88. The van der Waals surface area contributed by atoms with Gasteiger partial charge in [0, 0.05) is 35.8 Å². The summed E-state index contributed by atoms with van der Waals surface area (Å²) in [4.78, 5) is 12.5. The zero-order chi connectivity index (χ0) is 12.3. The average Bonchev–Trinajstić information content (AvgIpc) is 2.63. The Kier molecular flexibility index (Phi) is 3.53. The van der Waals surface area contributed by atoms with Crippen LogP contribution >= 0.6 is 11.3 Å². The van der Waals surface area contributed by atoms with E-state index in [9.17, 15) is 0 Å². The van der Waals surface area contributed by atoms with Gasteiger partial charge in [0.1, 0.15) is 5.82 Å². The summed E-state index contributed by atoms with van der Waals surface area (Å²) in [5, 5.41) is 6.41.